The maximum atomic E-state index is 5.98. The lowest BCUT2D eigenvalue weighted by molar-refractivity contribution is -0.0137. The Labute approximate surface area is 178 Å². The first-order valence-corrected chi connectivity index (χ1v) is 12.2. The molecule has 158 valence electrons. The highest BCUT2D eigenvalue weighted by Gasteiger charge is 2.38. The van der Waals surface area contributed by atoms with E-state index in [-0.39, 0.29) is 0 Å². The number of ether oxygens (including phenoxy) is 1. The topological polar surface area (TPSA) is 9.23 Å². The van der Waals surface area contributed by atoms with E-state index in [1.807, 2.05) is 6.08 Å². The third-order valence-electron chi connectivity index (χ3n) is 8.09. The van der Waals surface area contributed by atoms with Gasteiger partial charge in [-0.1, -0.05) is 36.4 Å². The van der Waals surface area contributed by atoms with Gasteiger partial charge < -0.3 is 4.74 Å². The molecule has 0 aliphatic heterocycles. The van der Waals surface area contributed by atoms with Crippen molar-refractivity contribution in [1.82, 2.24) is 0 Å². The molecule has 1 aromatic carbocycles. The summed E-state index contributed by atoms with van der Waals surface area (Å²) in [5, 5.41) is 0. The van der Waals surface area contributed by atoms with Crippen LogP contribution in [0.5, 0.6) is 0 Å². The molecular weight excluding hydrogens is 352 g/mol. The molecule has 5 atom stereocenters. The Morgan fingerprint density at radius 3 is 2.59 bits per heavy atom. The van der Waals surface area contributed by atoms with Crippen LogP contribution in [0.2, 0.25) is 0 Å². The molecule has 0 N–H and O–H groups in total. The maximum absolute atomic E-state index is 5.98. The van der Waals surface area contributed by atoms with Gasteiger partial charge in [0.25, 0.3) is 0 Å². The number of allylic oxidation sites excluding steroid dienone is 2. The number of hydrogen-bond acceptors (Lipinski definition) is 1. The molecule has 2 saturated carbocycles. The van der Waals surface area contributed by atoms with E-state index >= 15 is 0 Å². The second-order valence-electron chi connectivity index (χ2n) is 9.86. The summed E-state index contributed by atoms with van der Waals surface area (Å²) in [6.07, 6.45) is 21.6. The van der Waals surface area contributed by atoms with Crippen molar-refractivity contribution in [2.45, 2.75) is 83.7 Å². The van der Waals surface area contributed by atoms with Crippen LogP contribution < -0.4 is 0 Å². The first-order chi connectivity index (χ1) is 14.3. The standard InChI is InChI=1S/C28H40O/c1-3-5-6-7-21-8-9-23-18-24(11-10-22(23)17-21)25-12-13-27-20-28(29-16-4-2)15-14-26(27)19-25/h3-5,8-9,17,24-28H,2,6-7,10-16,18-20H2,1H3/b5-3+/t24?,25?,26-,27?,28-/m1/s1. The van der Waals surface area contributed by atoms with E-state index in [2.05, 4.69) is 43.9 Å². The fourth-order valence-corrected chi connectivity index (χ4v) is 6.48. The van der Waals surface area contributed by atoms with Gasteiger partial charge in [-0.2, -0.15) is 0 Å². The fourth-order valence-electron chi connectivity index (χ4n) is 6.48. The van der Waals surface area contributed by atoms with Crippen molar-refractivity contribution in [3.63, 3.8) is 0 Å². The summed E-state index contributed by atoms with van der Waals surface area (Å²) in [6, 6.07) is 7.36. The number of hydrogen-bond donors (Lipinski definition) is 0. The van der Waals surface area contributed by atoms with Crippen LogP contribution in [0.15, 0.2) is 43.0 Å². The molecule has 2 fully saturated rings. The van der Waals surface area contributed by atoms with E-state index in [0.717, 1.165) is 30.3 Å². The monoisotopic (exact) mass is 392 g/mol. The Hall–Kier alpha value is -1.34. The van der Waals surface area contributed by atoms with Crippen molar-refractivity contribution in [2.24, 2.45) is 23.7 Å². The van der Waals surface area contributed by atoms with E-state index in [9.17, 15) is 0 Å². The van der Waals surface area contributed by atoms with Gasteiger partial charge in [0.05, 0.1) is 12.7 Å². The molecule has 0 amide bonds. The fraction of sp³-hybridized carbons (Fsp3) is 0.643. The molecule has 1 aromatic rings. The zero-order valence-electron chi connectivity index (χ0n) is 18.5. The lowest BCUT2D eigenvalue weighted by atomic mass is 9.62. The first kappa shape index (κ1) is 20.9. The van der Waals surface area contributed by atoms with Crippen molar-refractivity contribution in [3.05, 3.63) is 59.7 Å². The highest BCUT2D eigenvalue weighted by atomic mass is 16.5. The van der Waals surface area contributed by atoms with Gasteiger partial charge in [-0.25, -0.2) is 0 Å². The zero-order valence-corrected chi connectivity index (χ0v) is 18.5. The molecule has 1 nitrogen and oxygen atoms in total. The average molecular weight is 393 g/mol. The van der Waals surface area contributed by atoms with Crippen LogP contribution in [0, 0.1) is 23.7 Å². The second kappa shape index (κ2) is 10.1. The predicted molar refractivity (Wildman–Crippen MR) is 123 cm³/mol. The Morgan fingerprint density at radius 1 is 0.966 bits per heavy atom. The van der Waals surface area contributed by atoms with Crippen LogP contribution in [0.4, 0.5) is 0 Å². The average Bonchev–Trinajstić information content (AvgIpc) is 2.77. The molecule has 3 aliphatic carbocycles. The minimum Gasteiger partial charge on any atom is -0.374 e. The Bertz CT molecular complexity index is 702. The van der Waals surface area contributed by atoms with Crippen LogP contribution in [0.1, 0.15) is 75.0 Å². The third kappa shape index (κ3) is 5.23. The first-order valence-electron chi connectivity index (χ1n) is 12.2. The van der Waals surface area contributed by atoms with E-state index in [0.29, 0.717) is 6.10 Å². The lowest BCUT2D eigenvalue weighted by Crippen LogP contribution is -2.37. The summed E-state index contributed by atoms with van der Waals surface area (Å²) in [5.41, 5.74) is 4.82. The molecule has 3 aliphatic rings. The van der Waals surface area contributed by atoms with Crippen molar-refractivity contribution in [1.29, 1.82) is 0 Å². The molecule has 0 heterocycles. The quantitative estimate of drug-likeness (QED) is 0.450. The number of benzene rings is 1. The van der Waals surface area contributed by atoms with E-state index < -0.39 is 0 Å². The number of rotatable bonds is 7. The molecule has 1 heteroatoms. The Kier molecular flexibility index (Phi) is 7.29. The predicted octanol–water partition coefficient (Wildman–Crippen LogP) is 7.09. The summed E-state index contributed by atoms with van der Waals surface area (Å²) in [4.78, 5) is 0. The summed E-state index contributed by atoms with van der Waals surface area (Å²) >= 11 is 0. The highest BCUT2D eigenvalue weighted by Crippen LogP contribution is 2.47. The van der Waals surface area contributed by atoms with Gasteiger partial charge in [-0.15, -0.1) is 6.58 Å². The van der Waals surface area contributed by atoms with Crippen LogP contribution >= 0.6 is 0 Å². The Balaban J connectivity index is 1.31. The minimum atomic E-state index is 0.495. The molecular formula is C28H40O. The summed E-state index contributed by atoms with van der Waals surface area (Å²) in [5.74, 6) is 3.77. The zero-order chi connectivity index (χ0) is 20.1. The normalized spacial score (nSPS) is 32.0. The van der Waals surface area contributed by atoms with E-state index in [1.165, 1.54) is 76.2 Å². The number of fused-ring (bicyclic) bond motifs is 2. The number of aryl methyl sites for hydroxylation is 2. The highest BCUT2D eigenvalue weighted by molar-refractivity contribution is 5.34. The molecule has 0 saturated heterocycles. The lowest BCUT2D eigenvalue weighted by Gasteiger charge is -2.44. The minimum absolute atomic E-state index is 0.495. The van der Waals surface area contributed by atoms with E-state index in [4.69, 9.17) is 4.74 Å². The van der Waals surface area contributed by atoms with Crippen LogP contribution in [0.25, 0.3) is 0 Å². The van der Waals surface area contributed by atoms with Crippen LogP contribution in [-0.4, -0.2) is 12.7 Å². The largest absolute Gasteiger partial charge is 0.374 e. The van der Waals surface area contributed by atoms with Gasteiger partial charge in [0.1, 0.15) is 0 Å². The van der Waals surface area contributed by atoms with Crippen molar-refractivity contribution in [2.75, 3.05) is 6.61 Å². The maximum Gasteiger partial charge on any atom is 0.0648 e. The van der Waals surface area contributed by atoms with Crippen LogP contribution in [-0.2, 0) is 24.0 Å². The van der Waals surface area contributed by atoms with Gasteiger partial charge in [0.15, 0.2) is 0 Å². The molecule has 0 aromatic heterocycles. The molecule has 0 spiro atoms. The smallest absolute Gasteiger partial charge is 0.0648 e. The molecule has 29 heavy (non-hydrogen) atoms. The summed E-state index contributed by atoms with van der Waals surface area (Å²) in [7, 11) is 0. The summed E-state index contributed by atoms with van der Waals surface area (Å²) < 4.78 is 5.98. The summed E-state index contributed by atoms with van der Waals surface area (Å²) in [6.45, 7) is 6.64. The molecule has 3 unspecified atom stereocenters. The van der Waals surface area contributed by atoms with Crippen molar-refractivity contribution in [3.8, 4) is 0 Å². The van der Waals surface area contributed by atoms with E-state index in [1.54, 1.807) is 11.1 Å². The molecule has 0 bridgehead atoms. The molecule has 4 rings (SSSR count). The SMILES string of the molecule is C=CCO[C@@H]1CC[C@@H]2CC(C3CCc4cc(CC/C=C/C)ccc4C3)CCC2C1. The van der Waals surface area contributed by atoms with Gasteiger partial charge in [0, 0.05) is 0 Å². The molecule has 0 radical (unpaired) electrons. The van der Waals surface area contributed by atoms with Crippen LogP contribution in [0.3, 0.4) is 0 Å². The van der Waals surface area contributed by atoms with Gasteiger partial charge in [-0.05, 0) is 118 Å². The Morgan fingerprint density at radius 2 is 1.76 bits per heavy atom. The van der Waals surface area contributed by atoms with Gasteiger partial charge in [0.2, 0.25) is 0 Å². The second-order valence-corrected chi connectivity index (χ2v) is 9.86. The van der Waals surface area contributed by atoms with Gasteiger partial charge in [-0.3, -0.25) is 0 Å². The van der Waals surface area contributed by atoms with Gasteiger partial charge >= 0.3 is 0 Å². The third-order valence-corrected chi connectivity index (χ3v) is 8.09. The van der Waals surface area contributed by atoms with Crippen molar-refractivity contribution >= 4 is 0 Å². The van der Waals surface area contributed by atoms with Crippen molar-refractivity contribution < 1.29 is 4.74 Å².